The molecule has 0 N–H and O–H groups in total. The third-order valence-electron chi connectivity index (χ3n) is 1.89. The van der Waals surface area contributed by atoms with Crippen LogP contribution in [0.4, 0.5) is 0 Å². The molecule has 0 aromatic rings. The Bertz CT molecular complexity index is 115. The van der Waals surface area contributed by atoms with Crippen LogP contribution < -0.4 is 0 Å². The minimum atomic E-state index is -0.676. The topological polar surface area (TPSA) is 0 Å². The summed E-state index contributed by atoms with van der Waals surface area (Å²) in [6.45, 7) is 3.88. The SMILES string of the molecule is CCC(Cl)(Cl)CCC(Cl)(Cl)CC. The molecule has 0 heterocycles. The predicted octanol–water partition coefficient (Wildman–Crippen LogP) is 4.93. The lowest BCUT2D eigenvalue weighted by Crippen LogP contribution is -2.18. The Morgan fingerprint density at radius 1 is 0.750 bits per heavy atom. The molecule has 0 aliphatic heterocycles. The molecule has 0 fully saturated rings. The number of rotatable bonds is 5. The van der Waals surface area contributed by atoms with Gasteiger partial charge < -0.3 is 0 Å². The van der Waals surface area contributed by atoms with Gasteiger partial charge in [-0.05, 0) is 25.7 Å². The molecule has 4 heteroatoms. The summed E-state index contributed by atoms with van der Waals surface area (Å²) in [5.74, 6) is 0. The summed E-state index contributed by atoms with van der Waals surface area (Å²) >= 11 is 23.7. The molecule has 0 aliphatic rings. The van der Waals surface area contributed by atoms with E-state index < -0.39 is 8.67 Å². The van der Waals surface area contributed by atoms with Gasteiger partial charge in [0.15, 0.2) is 0 Å². The minimum absolute atomic E-state index is 0.632. The molecule has 0 aromatic carbocycles. The standard InChI is InChI=1S/C8H14Cl4/c1-3-7(9,10)5-6-8(11,12)4-2/h3-6H2,1-2H3. The van der Waals surface area contributed by atoms with Crippen LogP contribution in [0, 0.1) is 0 Å². The molecule has 0 saturated carbocycles. The van der Waals surface area contributed by atoms with Crippen molar-refractivity contribution in [2.75, 3.05) is 0 Å². The number of alkyl halides is 4. The largest absolute Gasteiger partial charge is 0.118 e. The van der Waals surface area contributed by atoms with Crippen LogP contribution in [0.3, 0.4) is 0 Å². The lowest BCUT2D eigenvalue weighted by molar-refractivity contribution is 0.573. The van der Waals surface area contributed by atoms with Gasteiger partial charge in [0.1, 0.15) is 8.67 Å². The molecule has 0 amide bonds. The first-order valence-corrected chi connectivity index (χ1v) is 5.60. The van der Waals surface area contributed by atoms with Gasteiger partial charge >= 0.3 is 0 Å². The first-order valence-electron chi connectivity index (χ1n) is 4.08. The van der Waals surface area contributed by atoms with Gasteiger partial charge in [-0.1, -0.05) is 13.8 Å². The van der Waals surface area contributed by atoms with Crippen LogP contribution in [0.15, 0.2) is 0 Å². The Kier molecular flexibility index (Phi) is 5.64. The molecule has 0 saturated heterocycles. The van der Waals surface area contributed by atoms with Crippen molar-refractivity contribution in [2.24, 2.45) is 0 Å². The summed E-state index contributed by atoms with van der Waals surface area (Å²) < 4.78 is -1.35. The van der Waals surface area contributed by atoms with Crippen LogP contribution >= 0.6 is 46.4 Å². The lowest BCUT2D eigenvalue weighted by Gasteiger charge is -2.22. The van der Waals surface area contributed by atoms with Gasteiger partial charge in [0.05, 0.1) is 0 Å². The van der Waals surface area contributed by atoms with Crippen LogP contribution in [0.2, 0.25) is 0 Å². The van der Waals surface area contributed by atoms with Gasteiger partial charge in [-0.15, -0.1) is 46.4 Å². The fourth-order valence-electron chi connectivity index (χ4n) is 0.719. The Morgan fingerprint density at radius 2 is 1.00 bits per heavy atom. The second-order valence-electron chi connectivity index (χ2n) is 2.92. The van der Waals surface area contributed by atoms with E-state index in [0.717, 1.165) is 0 Å². The molecule has 0 rings (SSSR count). The van der Waals surface area contributed by atoms with E-state index >= 15 is 0 Å². The van der Waals surface area contributed by atoms with E-state index in [1.165, 1.54) is 0 Å². The molecule has 0 atom stereocenters. The fraction of sp³-hybridized carbons (Fsp3) is 1.00. The van der Waals surface area contributed by atoms with Crippen molar-refractivity contribution in [3.63, 3.8) is 0 Å². The highest BCUT2D eigenvalue weighted by atomic mass is 35.5. The third-order valence-corrected chi connectivity index (χ3v) is 3.72. The van der Waals surface area contributed by atoms with E-state index in [1.54, 1.807) is 0 Å². The fourth-order valence-corrected chi connectivity index (χ4v) is 1.10. The Hall–Kier alpha value is 1.16. The number of halogens is 4. The van der Waals surface area contributed by atoms with E-state index in [9.17, 15) is 0 Å². The molecule has 0 aromatic heterocycles. The Labute approximate surface area is 94.5 Å². The summed E-state index contributed by atoms with van der Waals surface area (Å²) in [5.41, 5.74) is 0. The van der Waals surface area contributed by atoms with Crippen molar-refractivity contribution >= 4 is 46.4 Å². The summed E-state index contributed by atoms with van der Waals surface area (Å²) in [5, 5.41) is 0. The molecule has 0 spiro atoms. The molecule has 0 radical (unpaired) electrons. The van der Waals surface area contributed by atoms with Crippen molar-refractivity contribution in [3.8, 4) is 0 Å². The maximum atomic E-state index is 5.93. The first-order chi connectivity index (χ1) is 5.33. The summed E-state index contributed by atoms with van der Waals surface area (Å²) in [6, 6.07) is 0. The van der Waals surface area contributed by atoms with E-state index in [2.05, 4.69) is 0 Å². The minimum Gasteiger partial charge on any atom is -0.102 e. The number of hydrogen-bond donors (Lipinski definition) is 0. The highest BCUT2D eigenvalue weighted by molar-refractivity contribution is 6.49. The van der Waals surface area contributed by atoms with Crippen molar-refractivity contribution in [2.45, 2.75) is 48.2 Å². The predicted molar refractivity (Wildman–Crippen MR) is 58.7 cm³/mol. The Balaban J connectivity index is 3.82. The van der Waals surface area contributed by atoms with Crippen LogP contribution in [0.25, 0.3) is 0 Å². The van der Waals surface area contributed by atoms with Gasteiger partial charge in [0.25, 0.3) is 0 Å². The zero-order valence-corrected chi connectivity index (χ0v) is 10.4. The molecule has 0 unspecified atom stereocenters. The Morgan fingerprint density at radius 3 is 1.17 bits per heavy atom. The van der Waals surface area contributed by atoms with Gasteiger partial charge in [0.2, 0.25) is 0 Å². The van der Waals surface area contributed by atoms with Crippen LogP contribution in [0.1, 0.15) is 39.5 Å². The molecule has 12 heavy (non-hydrogen) atoms. The zero-order valence-electron chi connectivity index (χ0n) is 7.34. The first kappa shape index (κ1) is 13.2. The van der Waals surface area contributed by atoms with Gasteiger partial charge in [-0.2, -0.15) is 0 Å². The van der Waals surface area contributed by atoms with Gasteiger partial charge in [-0.3, -0.25) is 0 Å². The van der Waals surface area contributed by atoms with Gasteiger partial charge in [0, 0.05) is 0 Å². The monoisotopic (exact) mass is 250 g/mol. The smallest absolute Gasteiger partial charge is 0.102 e. The van der Waals surface area contributed by atoms with Crippen LogP contribution in [-0.2, 0) is 0 Å². The second kappa shape index (κ2) is 5.14. The van der Waals surface area contributed by atoms with Crippen molar-refractivity contribution in [1.29, 1.82) is 0 Å². The molecule has 0 aliphatic carbocycles. The average Bonchev–Trinajstić information content (AvgIpc) is 2.02. The third kappa shape index (κ3) is 5.75. The van der Waals surface area contributed by atoms with E-state index in [4.69, 9.17) is 46.4 Å². The molecule has 0 bridgehead atoms. The van der Waals surface area contributed by atoms with Gasteiger partial charge in [-0.25, -0.2) is 0 Å². The molecule has 74 valence electrons. The van der Waals surface area contributed by atoms with Crippen molar-refractivity contribution in [3.05, 3.63) is 0 Å². The van der Waals surface area contributed by atoms with Crippen molar-refractivity contribution in [1.82, 2.24) is 0 Å². The quantitative estimate of drug-likeness (QED) is 0.608. The maximum absolute atomic E-state index is 5.93. The highest BCUT2D eigenvalue weighted by Gasteiger charge is 2.28. The maximum Gasteiger partial charge on any atom is 0.118 e. The number of hydrogen-bond acceptors (Lipinski definition) is 0. The average molecular weight is 252 g/mol. The van der Waals surface area contributed by atoms with Crippen LogP contribution in [-0.4, -0.2) is 8.67 Å². The molecule has 0 nitrogen and oxygen atoms in total. The van der Waals surface area contributed by atoms with Crippen LogP contribution in [0.5, 0.6) is 0 Å². The second-order valence-corrected chi connectivity index (χ2v) is 6.20. The normalized spacial score (nSPS) is 13.5. The highest BCUT2D eigenvalue weighted by Crippen LogP contribution is 2.38. The molecular formula is C8H14Cl4. The van der Waals surface area contributed by atoms with E-state index in [1.807, 2.05) is 13.8 Å². The lowest BCUT2D eigenvalue weighted by atomic mass is 10.1. The molecular weight excluding hydrogens is 238 g/mol. The zero-order chi connectivity index (χ0) is 9.83. The summed E-state index contributed by atoms with van der Waals surface area (Å²) in [7, 11) is 0. The summed E-state index contributed by atoms with van der Waals surface area (Å²) in [6.07, 6.45) is 2.69. The van der Waals surface area contributed by atoms with Crippen molar-refractivity contribution < 1.29 is 0 Å². The van der Waals surface area contributed by atoms with E-state index in [0.29, 0.717) is 25.7 Å². The summed E-state index contributed by atoms with van der Waals surface area (Å²) in [4.78, 5) is 0. The van der Waals surface area contributed by atoms with E-state index in [-0.39, 0.29) is 0 Å².